The molecule has 3 heterocycles. The van der Waals surface area contributed by atoms with Crippen LogP contribution in [0.5, 0.6) is 5.88 Å². The van der Waals surface area contributed by atoms with Crippen molar-refractivity contribution in [3.05, 3.63) is 47.4 Å². The third-order valence-corrected chi connectivity index (χ3v) is 5.56. The lowest BCUT2D eigenvalue weighted by molar-refractivity contribution is 0.0884. The number of nitrogens with one attached hydrogen (secondary N) is 2. The summed E-state index contributed by atoms with van der Waals surface area (Å²) in [6.45, 7) is 0. The molecule has 0 radical (unpaired) electrons. The molecule has 0 atom stereocenters. The molecule has 1 fully saturated rings. The van der Waals surface area contributed by atoms with Crippen molar-refractivity contribution in [2.24, 2.45) is 0 Å². The van der Waals surface area contributed by atoms with Gasteiger partial charge in [0.15, 0.2) is 5.69 Å². The minimum Gasteiger partial charge on any atom is -0.472 e. The molecule has 1 saturated carbocycles. The van der Waals surface area contributed by atoms with Crippen molar-refractivity contribution in [3.8, 4) is 22.5 Å². The lowest BCUT2D eigenvalue weighted by Crippen LogP contribution is -2.40. The van der Waals surface area contributed by atoms with Gasteiger partial charge in [0, 0.05) is 18.4 Å². The molecule has 142 valence electrons. The second-order valence-electron chi connectivity index (χ2n) is 6.53. The van der Waals surface area contributed by atoms with E-state index in [1.54, 1.807) is 17.4 Å². The average molecular weight is 394 g/mol. The van der Waals surface area contributed by atoms with Crippen molar-refractivity contribution >= 4 is 17.2 Å². The molecule has 9 heteroatoms. The first-order valence-electron chi connectivity index (χ1n) is 9.01. The maximum Gasteiger partial charge on any atom is 0.272 e. The van der Waals surface area contributed by atoms with Gasteiger partial charge in [0.2, 0.25) is 5.69 Å². The first kappa shape index (κ1) is 18.1. The van der Waals surface area contributed by atoms with Crippen LogP contribution in [0, 0.1) is 11.3 Å². The molecule has 0 unspecified atom stereocenters. The smallest absolute Gasteiger partial charge is 0.272 e. The Hall–Kier alpha value is -3.25. The number of carbonyl (C=O) groups is 1. The summed E-state index contributed by atoms with van der Waals surface area (Å²) in [6.07, 6.45) is 6.07. The van der Waals surface area contributed by atoms with Crippen molar-refractivity contribution in [3.63, 3.8) is 0 Å². The molecule has 0 saturated heterocycles. The Morgan fingerprint density at radius 2 is 2.11 bits per heavy atom. The first-order valence-corrected chi connectivity index (χ1v) is 9.89. The van der Waals surface area contributed by atoms with E-state index >= 15 is 0 Å². The van der Waals surface area contributed by atoms with Gasteiger partial charge < -0.3 is 10.1 Å². The van der Waals surface area contributed by atoms with E-state index in [1.165, 1.54) is 12.4 Å². The summed E-state index contributed by atoms with van der Waals surface area (Å²) in [5.41, 5.74) is 1.42. The molecular formula is C19H18N6O2S. The highest BCUT2D eigenvalue weighted by molar-refractivity contribution is 7.13. The number of nitriles is 1. The number of hydrogen-bond donors (Lipinski definition) is 2. The Kier molecular flexibility index (Phi) is 5.30. The summed E-state index contributed by atoms with van der Waals surface area (Å²) in [5.74, 6) is 0.0965. The molecule has 0 bridgehead atoms. The number of aromatic amines is 1. The van der Waals surface area contributed by atoms with Crippen LogP contribution in [0.25, 0.3) is 10.6 Å². The predicted molar refractivity (Wildman–Crippen MR) is 103 cm³/mol. The molecule has 1 amide bonds. The van der Waals surface area contributed by atoms with Crippen molar-refractivity contribution in [1.82, 2.24) is 25.5 Å². The fraction of sp³-hybridized carbons (Fsp3) is 0.316. The molecule has 1 aliphatic rings. The molecule has 28 heavy (non-hydrogen) atoms. The van der Waals surface area contributed by atoms with Gasteiger partial charge in [-0.05, 0) is 43.2 Å². The molecule has 0 aliphatic heterocycles. The van der Waals surface area contributed by atoms with Gasteiger partial charge in [-0.15, -0.1) is 11.3 Å². The van der Waals surface area contributed by atoms with E-state index in [4.69, 9.17) is 10.00 Å². The second-order valence-corrected chi connectivity index (χ2v) is 7.48. The molecule has 0 spiro atoms. The predicted octanol–water partition coefficient (Wildman–Crippen LogP) is 2.92. The fourth-order valence-electron chi connectivity index (χ4n) is 3.23. The minimum absolute atomic E-state index is 0.0345. The van der Waals surface area contributed by atoms with Gasteiger partial charge in [-0.3, -0.25) is 9.89 Å². The van der Waals surface area contributed by atoms with E-state index in [-0.39, 0.29) is 29.6 Å². The van der Waals surface area contributed by atoms with E-state index in [2.05, 4.69) is 25.5 Å². The third kappa shape index (κ3) is 4.02. The number of nitrogens with zero attached hydrogens (tertiary/aromatic N) is 4. The molecule has 1 aliphatic carbocycles. The van der Waals surface area contributed by atoms with Crippen molar-refractivity contribution in [2.75, 3.05) is 0 Å². The Bertz CT molecular complexity index is 986. The van der Waals surface area contributed by atoms with E-state index in [9.17, 15) is 4.79 Å². The lowest BCUT2D eigenvalue weighted by Gasteiger charge is -2.29. The third-order valence-electron chi connectivity index (χ3n) is 4.66. The van der Waals surface area contributed by atoms with E-state index in [1.807, 2.05) is 23.6 Å². The molecule has 3 aromatic rings. The first-order chi connectivity index (χ1) is 13.7. The highest BCUT2D eigenvalue weighted by atomic mass is 32.1. The van der Waals surface area contributed by atoms with Crippen LogP contribution < -0.4 is 10.1 Å². The summed E-state index contributed by atoms with van der Waals surface area (Å²) < 4.78 is 5.83. The molecule has 0 aromatic carbocycles. The molecule has 3 aromatic heterocycles. The van der Waals surface area contributed by atoms with Gasteiger partial charge in [0.25, 0.3) is 11.8 Å². The van der Waals surface area contributed by atoms with Gasteiger partial charge in [-0.25, -0.2) is 9.97 Å². The normalized spacial score (nSPS) is 19.0. The van der Waals surface area contributed by atoms with Crippen LogP contribution >= 0.6 is 11.3 Å². The maximum atomic E-state index is 12.5. The van der Waals surface area contributed by atoms with Gasteiger partial charge in [0.1, 0.15) is 12.2 Å². The maximum absolute atomic E-state index is 12.5. The molecule has 2 N–H and O–H groups in total. The molecule has 8 nitrogen and oxygen atoms in total. The summed E-state index contributed by atoms with van der Waals surface area (Å²) in [5, 5.41) is 21.1. The monoisotopic (exact) mass is 394 g/mol. The van der Waals surface area contributed by atoms with E-state index in [0.717, 1.165) is 36.3 Å². The largest absolute Gasteiger partial charge is 0.472 e. The SMILES string of the molecule is N#Cc1nccnc1OC1CCC(NC(=O)c2cc(-c3cccs3)[nH]n2)CC1. The number of amides is 1. The Balaban J connectivity index is 1.30. The average Bonchev–Trinajstić information content (AvgIpc) is 3.42. The number of hydrogen-bond acceptors (Lipinski definition) is 7. The highest BCUT2D eigenvalue weighted by Gasteiger charge is 2.25. The van der Waals surface area contributed by atoms with Gasteiger partial charge >= 0.3 is 0 Å². The zero-order valence-corrected chi connectivity index (χ0v) is 15.8. The Labute approximate surface area is 165 Å². The standard InChI is InChI=1S/C19H18N6O2S/c20-11-16-19(22-8-7-21-16)27-13-5-3-12(4-6-13)23-18(26)15-10-14(24-25-15)17-2-1-9-28-17/h1-2,7-10,12-13H,3-6H2,(H,23,26)(H,24,25). The lowest BCUT2D eigenvalue weighted by atomic mass is 9.93. The van der Waals surface area contributed by atoms with Crippen LogP contribution in [0.15, 0.2) is 36.0 Å². The quantitative estimate of drug-likeness (QED) is 0.687. The summed E-state index contributed by atoms with van der Waals surface area (Å²) >= 11 is 1.59. The van der Waals surface area contributed by atoms with E-state index in [0.29, 0.717) is 5.69 Å². The number of H-pyrrole nitrogens is 1. The number of rotatable bonds is 5. The van der Waals surface area contributed by atoms with Crippen LogP contribution in [-0.4, -0.2) is 38.2 Å². The second kappa shape index (κ2) is 8.19. The van der Waals surface area contributed by atoms with Gasteiger partial charge in [0.05, 0.1) is 10.6 Å². The van der Waals surface area contributed by atoms with Gasteiger partial charge in [-0.2, -0.15) is 10.4 Å². The Morgan fingerprint density at radius 3 is 2.86 bits per heavy atom. The zero-order chi connectivity index (χ0) is 19.3. The van der Waals surface area contributed by atoms with Crippen LogP contribution in [0.4, 0.5) is 0 Å². The number of thiophene rings is 1. The van der Waals surface area contributed by atoms with Crippen molar-refractivity contribution < 1.29 is 9.53 Å². The summed E-state index contributed by atoms with van der Waals surface area (Å²) in [6, 6.07) is 7.77. The van der Waals surface area contributed by atoms with E-state index < -0.39 is 0 Å². The summed E-state index contributed by atoms with van der Waals surface area (Å²) in [4.78, 5) is 21.6. The van der Waals surface area contributed by atoms with Gasteiger partial charge in [-0.1, -0.05) is 6.07 Å². The van der Waals surface area contributed by atoms with Crippen LogP contribution in [0.1, 0.15) is 41.9 Å². The van der Waals surface area contributed by atoms with Crippen LogP contribution in [0.3, 0.4) is 0 Å². The minimum atomic E-state index is -0.177. The summed E-state index contributed by atoms with van der Waals surface area (Å²) in [7, 11) is 0. The number of aromatic nitrogens is 4. The zero-order valence-electron chi connectivity index (χ0n) is 15.0. The number of ether oxygens (including phenoxy) is 1. The molecular weight excluding hydrogens is 376 g/mol. The topological polar surface area (TPSA) is 117 Å². The number of carbonyl (C=O) groups excluding carboxylic acids is 1. The van der Waals surface area contributed by atoms with Crippen LogP contribution in [-0.2, 0) is 0 Å². The van der Waals surface area contributed by atoms with Crippen molar-refractivity contribution in [2.45, 2.75) is 37.8 Å². The molecule has 4 rings (SSSR count). The van der Waals surface area contributed by atoms with Crippen LogP contribution in [0.2, 0.25) is 0 Å². The fourth-order valence-corrected chi connectivity index (χ4v) is 3.92. The highest BCUT2D eigenvalue weighted by Crippen LogP contribution is 2.25. The van der Waals surface area contributed by atoms with Crippen molar-refractivity contribution in [1.29, 1.82) is 5.26 Å². The Morgan fingerprint density at radius 1 is 1.29 bits per heavy atom.